The number of nitrogens with one attached hydrogen (secondary N) is 1. The van der Waals surface area contributed by atoms with E-state index < -0.39 is 0 Å². The van der Waals surface area contributed by atoms with Crippen LogP contribution < -0.4 is 5.32 Å². The minimum atomic E-state index is -0.148. The van der Waals surface area contributed by atoms with Gasteiger partial charge in [0.2, 0.25) is 0 Å². The van der Waals surface area contributed by atoms with Crippen molar-refractivity contribution in [1.82, 2.24) is 5.32 Å². The first-order chi connectivity index (χ1) is 10.1. The summed E-state index contributed by atoms with van der Waals surface area (Å²) < 4.78 is 14.8. The fourth-order valence-electron chi connectivity index (χ4n) is 2.69. The van der Waals surface area contributed by atoms with Crippen LogP contribution in [0.25, 0.3) is 0 Å². The van der Waals surface area contributed by atoms with E-state index in [1.165, 1.54) is 14.0 Å². The van der Waals surface area contributed by atoms with E-state index in [2.05, 4.69) is 59.1 Å². The van der Waals surface area contributed by atoms with Gasteiger partial charge in [-0.3, -0.25) is 0 Å². The predicted octanol–water partition coefficient (Wildman–Crippen LogP) is 5.32. The number of rotatable bonds is 3. The highest BCUT2D eigenvalue weighted by molar-refractivity contribution is 14.1. The monoisotopic (exact) mass is 413 g/mol. The number of thioether (sulfide) groups is 1. The van der Waals surface area contributed by atoms with Gasteiger partial charge in [0.05, 0.1) is 0 Å². The van der Waals surface area contributed by atoms with Gasteiger partial charge >= 0.3 is 0 Å². The van der Waals surface area contributed by atoms with Gasteiger partial charge in [-0.2, -0.15) is 0 Å². The summed E-state index contributed by atoms with van der Waals surface area (Å²) in [6.07, 6.45) is 1.04. The molecule has 2 aromatic carbocycles. The lowest BCUT2D eigenvalue weighted by atomic mass is 10.0. The van der Waals surface area contributed by atoms with E-state index in [0.717, 1.165) is 17.7 Å². The Balaban J connectivity index is 1.80. The first-order valence-electron chi connectivity index (χ1n) is 7.07. The molecule has 1 aliphatic rings. The third kappa shape index (κ3) is 3.60. The molecule has 21 heavy (non-hydrogen) atoms. The van der Waals surface area contributed by atoms with Gasteiger partial charge in [-0.15, -0.1) is 11.8 Å². The minimum absolute atomic E-state index is 0.148. The van der Waals surface area contributed by atoms with Crippen molar-refractivity contribution >= 4 is 34.4 Å². The zero-order valence-electron chi connectivity index (χ0n) is 11.8. The molecule has 2 unspecified atom stereocenters. The third-order valence-corrected chi connectivity index (χ3v) is 5.67. The Kier molecular flexibility index (Phi) is 4.86. The number of benzene rings is 2. The summed E-state index contributed by atoms with van der Waals surface area (Å²) in [4.78, 5) is 1.20. The molecular weight excluding hydrogens is 396 g/mol. The lowest BCUT2D eigenvalue weighted by molar-refractivity contribution is 0.447. The van der Waals surface area contributed by atoms with Crippen molar-refractivity contribution in [2.24, 2.45) is 0 Å². The van der Waals surface area contributed by atoms with Gasteiger partial charge in [-0.05, 0) is 83.1 Å². The van der Waals surface area contributed by atoms with Crippen molar-refractivity contribution in [3.8, 4) is 0 Å². The second kappa shape index (κ2) is 6.67. The molecule has 3 rings (SSSR count). The van der Waals surface area contributed by atoms with Crippen LogP contribution in [0.4, 0.5) is 4.39 Å². The van der Waals surface area contributed by atoms with Gasteiger partial charge in [0.15, 0.2) is 0 Å². The van der Waals surface area contributed by atoms with Crippen LogP contribution in [0, 0.1) is 9.39 Å². The van der Waals surface area contributed by atoms with Gasteiger partial charge in [-0.1, -0.05) is 12.1 Å². The van der Waals surface area contributed by atoms with Crippen LogP contribution in [0.5, 0.6) is 0 Å². The van der Waals surface area contributed by atoms with Crippen LogP contribution in [0.3, 0.4) is 0 Å². The average molecular weight is 413 g/mol. The first-order valence-corrected chi connectivity index (χ1v) is 9.13. The molecule has 0 aliphatic carbocycles. The normalized spacial score (nSPS) is 19.1. The first kappa shape index (κ1) is 15.3. The van der Waals surface area contributed by atoms with Gasteiger partial charge in [-0.25, -0.2) is 4.39 Å². The van der Waals surface area contributed by atoms with Gasteiger partial charge in [0.25, 0.3) is 0 Å². The molecule has 1 aliphatic heterocycles. The largest absolute Gasteiger partial charge is 0.303 e. The summed E-state index contributed by atoms with van der Waals surface area (Å²) in [5, 5.41) is 3.66. The minimum Gasteiger partial charge on any atom is -0.303 e. The molecule has 2 aromatic rings. The Bertz CT molecular complexity index is 629. The number of hydrogen-bond donors (Lipinski definition) is 1. The Morgan fingerprint density at radius 1 is 1.24 bits per heavy atom. The number of fused-ring (bicyclic) bond motifs is 1. The van der Waals surface area contributed by atoms with Crippen molar-refractivity contribution in [3.05, 3.63) is 63.0 Å². The van der Waals surface area contributed by atoms with Crippen LogP contribution in [0.2, 0.25) is 0 Å². The molecule has 4 heteroatoms. The second-order valence-corrected chi connectivity index (χ2v) is 7.69. The van der Waals surface area contributed by atoms with E-state index in [1.807, 2.05) is 17.8 Å². The van der Waals surface area contributed by atoms with Crippen LogP contribution >= 0.6 is 34.4 Å². The van der Waals surface area contributed by atoms with Crippen LogP contribution in [-0.2, 0) is 0 Å². The summed E-state index contributed by atoms with van der Waals surface area (Å²) in [7, 11) is 0. The smallest absolute Gasteiger partial charge is 0.123 e. The van der Waals surface area contributed by atoms with Crippen molar-refractivity contribution in [2.45, 2.75) is 30.3 Å². The summed E-state index contributed by atoms with van der Waals surface area (Å²) in [5.41, 5.74) is 2.37. The lowest BCUT2D eigenvalue weighted by Gasteiger charge is -2.29. The molecule has 0 spiro atoms. The number of halogens is 2. The lowest BCUT2D eigenvalue weighted by Crippen LogP contribution is -2.27. The predicted molar refractivity (Wildman–Crippen MR) is 95.2 cm³/mol. The van der Waals surface area contributed by atoms with E-state index in [9.17, 15) is 4.39 Å². The van der Waals surface area contributed by atoms with Crippen LogP contribution in [0.1, 0.15) is 36.6 Å². The highest BCUT2D eigenvalue weighted by Gasteiger charge is 2.22. The van der Waals surface area contributed by atoms with E-state index in [-0.39, 0.29) is 17.9 Å². The number of hydrogen-bond acceptors (Lipinski definition) is 2. The topological polar surface area (TPSA) is 12.0 Å². The third-order valence-electron chi connectivity index (χ3n) is 3.83. The average Bonchev–Trinajstić information content (AvgIpc) is 2.48. The summed E-state index contributed by atoms with van der Waals surface area (Å²) in [5.74, 6) is 0.931. The van der Waals surface area contributed by atoms with E-state index >= 15 is 0 Å². The van der Waals surface area contributed by atoms with E-state index in [1.54, 1.807) is 12.1 Å². The molecule has 0 aromatic heterocycles. The molecule has 1 heterocycles. The molecule has 0 amide bonds. The Labute approximate surface area is 142 Å². The maximum absolute atomic E-state index is 13.5. The molecule has 1 N–H and O–H groups in total. The summed E-state index contributed by atoms with van der Waals surface area (Å²) in [6.45, 7) is 2.17. The molecule has 0 saturated heterocycles. The SMILES string of the molecule is CC(NC1CCSc2ccc(F)cc21)c1ccc(I)cc1. The van der Waals surface area contributed by atoms with E-state index in [0.29, 0.717) is 0 Å². The molecule has 0 bridgehead atoms. The van der Waals surface area contributed by atoms with Gasteiger partial charge in [0, 0.05) is 20.5 Å². The summed E-state index contributed by atoms with van der Waals surface area (Å²) in [6, 6.07) is 14.2. The highest BCUT2D eigenvalue weighted by atomic mass is 127. The van der Waals surface area contributed by atoms with Crippen molar-refractivity contribution in [3.63, 3.8) is 0 Å². The fourth-order valence-corrected chi connectivity index (χ4v) is 4.15. The standard InChI is InChI=1S/C17H17FINS/c1-11(12-2-5-14(19)6-3-12)20-16-8-9-21-17-7-4-13(18)10-15(16)17/h2-7,10-11,16,20H,8-9H2,1H3. The Morgan fingerprint density at radius 3 is 2.76 bits per heavy atom. The molecule has 0 radical (unpaired) electrons. The maximum Gasteiger partial charge on any atom is 0.123 e. The molecule has 1 nitrogen and oxygen atoms in total. The zero-order valence-corrected chi connectivity index (χ0v) is 14.7. The Morgan fingerprint density at radius 2 is 2.00 bits per heavy atom. The van der Waals surface area contributed by atoms with Crippen molar-refractivity contribution in [1.29, 1.82) is 0 Å². The molecule has 0 fully saturated rings. The Hall–Kier alpha value is -0.590. The van der Waals surface area contributed by atoms with E-state index in [4.69, 9.17) is 0 Å². The van der Waals surface area contributed by atoms with Gasteiger partial charge in [0.1, 0.15) is 5.82 Å². The highest BCUT2D eigenvalue weighted by Crippen LogP contribution is 2.37. The van der Waals surface area contributed by atoms with Crippen molar-refractivity contribution < 1.29 is 4.39 Å². The van der Waals surface area contributed by atoms with Crippen molar-refractivity contribution in [2.75, 3.05) is 5.75 Å². The molecule has 2 atom stereocenters. The molecular formula is C17H17FINS. The van der Waals surface area contributed by atoms with Crippen LogP contribution in [0.15, 0.2) is 47.4 Å². The maximum atomic E-state index is 13.5. The fraction of sp³-hybridized carbons (Fsp3) is 0.294. The molecule has 0 saturated carbocycles. The molecule has 110 valence electrons. The zero-order chi connectivity index (χ0) is 14.8. The summed E-state index contributed by atoms with van der Waals surface area (Å²) >= 11 is 4.13. The second-order valence-electron chi connectivity index (χ2n) is 5.31. The quantitative estimate of drug-likeness (QED) is 0.684. The van der Waals surface area contributed by atoms with Gasteiger partial charge < -0.3 is 5.32 Å². The van der Waals surface area contributed by atoms with Crippen LogP contribution in [-0.4, -0.2) is 5.75 Å².